The number of hydrogen-bond acceptors (Lipinski definition) is 6. The van der Waals surface area contributed by atoms with Crippen LogP contribution in [0.5, 0.6) is 0 Å². The Labute approximate surface area is 404 Å². The van der Waals surface area contributed by atoms with Gasteiger partial charge in [0.05, 0.1) is 0 Å². The number of aromatic amines is 2. The summed E-state index contributed by atoms with van der Waals surface area (Å²) in [7, 11) is 0. The largest absolute Gasteiger partial charge is 0.324 e. The minimum atomic E-state index is 0.676. The van der Waals surface area contributed by atoms with Crippen LogP contribution in [0.15, 0.2) is 72.8 Å². The Balaban J connectivity index is 1.32. The number of nitrogens with zero attached hydrogens (tertiary/aromatic N) is 6. The monoisotopic (exact) mass is 907 g/mol. The van der Waals surface area contributed by atoms with Crippen LogP contribution in [0.3, 0.4) is 0 Å². The molecule has 4 aromatic carbocycles. The molecule has 0 atom stereocenters. The van der Waals surface area contributed by atoms with Crippen molar-refractivity contribution in [2.75, 3.05) is 0 Å². The van der Waals surface area contributed by atoms with E-state index in [9.17, 15) is 0 Å². The molecule has 0 spiro atoms. The molecule has 8 heteroatoms. The summed E-state index contributed by atoms with van der Waals surface area (Å²) in [5.74, 6) is 2.78. The molecule has 9 rings (SSSR count). The maximum atomic E-state index is 5.62. The first kappa shape index (κ1) is 47.3. The van der Waals surface area contributed by atoms with E-state index < -0.39 is 0 Å². The van der Waals surface area contributed by atoms with Crippen LogP contribution in [0.2, 0.25) is 0 Å². The van der Waals surface area contributed by atoms with Crippen molar-refractivity contribution in [1.82, 2.24) is 39.9 Å². The lowest BCUT2D eigenvalue weighted by Gasteiger charge is -2.08. The number of aryl methyl sites for hydroxylation is 4. The molecular formula is C60H74N8. The fraction of sp³-hybridized carbons (Fsp3) is 0.467. The van der Waals surface area contributed by atoms with Gasteiger partial charge in [0.25, 0.3) is 0 Å². The third-order valence-electron chi connectivity index (χ3n) is 14.5. The lowest BCUT2D eigenvalue weighted by molar-refractivity contribution is 0.632. The molecule has 0 unspecified atom stereocenters. The van der Waals surface area contributed by atoms with Gasteiger partial charge in [-0.2, -0.15) is 0 Å². The molecular weight excluding hydrogens is 833 g/mol. The summed E-state index contributed by atoms with van der Waals surface area (Å²) in [6.45, 7) is 9.13. The predicted molar refractivity (Wildman–Crippen MR) is 286 cm³/mol. The SMILES string of the molecule is CCCCCCCc1cccc2c1-c1nc-2nc2[nH]c(nc3nc(nc4[nH]c(n1)c1cccc(CCCCCCC)c41)-c1c(CCCCCCC)cccc1-3)c1c(CCCCCCC)cccc21. The van der Waals surface area contributed by atoms with Gasteiger partial charge in [0, 0.05) is 43.8 Å². The van der Waals surface area contributed by atoms with Gasteiger partial charge in [0.15, 0.2) is 23.3 Å². The lowest BCUT2D eigenvalue weighted by Crippen LogP contribution is -1.93. The van der Waals surface area contributed by atoms with Crippen LogP contribution in [-0.2, 0) is 25.7 Å². The first-order valence-electron chi connectivity index (χ1n) is 26.9. The van der Waals surface area contributed by atoms with Gasteiger partial charge in [0.2, 0.25) is 0 Å². The van der Waals surface area contributed by atoms with Crippen LogP contribution >= 0.6 is 0 Å². The minimum Gasteiger partial charge on any atom is -0.324 e. The summed E-state index contributed by atoms with van der Waals surface area (Å²) < 4.78 is 0. The van der Waals surface area contributed by atoms with Crippen LogP contribution in [0.4, 0.5) is 0 Å². The Hall–Kier alpha value is -5.76. The number of H-pyrrole nitrogens is 2. The van der Waals surface area contributed by atoms with Gasteiger partial charge in [0.1, 0.15) is 22.6 Å². The van der Waals surface area contributed by atoms with Gasteiger partial charge < -0.3 is 9.97 Å². The molecule has 7 aromatic rings. The van der Waals surface area contributed by atoms with Crippen molar-refractivity contribution in [3.05, 3.63) is 95.1 Å². The van der Waals surface area contributed by atoms with Crippen molar-refractivity contribution in [3.8, 4) is 45.6 Å². The molecule has 0 amide bonds. The Morgan fingerprint density at radius 2 is 0.632 bits per heavy atom. The number of unbranched alkanes of at least 4 members (excludes halogenated alkanes) is 16. The number of hydrogen-bond donors (Lipinski definition) is 2. The summed E-state index contributed by atoms with van der Waals surface area (Å²) in [6, 6.07) is 26.6. The van der Waals surface area contributed by atoms with Crippen molar-refractivity contribution >= 4 is 44.1 Å². The maximum Gasteiger partial charge on any atom is 0.165 e. The molecule has 5 heterocycles. The zero-order chi connectivity index (χ0) is 46.7. The quantitative estimate of drug-likeness (QED) is 0.0585. The first-order valence-corrected chi connectivity index (χ1v) is 26.9. The summed E-state index contributed by atoms with van der Waals surface area (Å²) in [4.78, 5) is 40.6. The number of nitrogens with one attached hydrogen (secondary N) is 2. The molecule has 2 aliphatic heterocycles. The molecule has 0 aliphatic carbocycles. The fourth-order valence-corrected chi connectivity index (χ4v) is 10.8. The highest BCUT2D eigenvalue weighted by molar-refractivity contribution is 6.08. The molecule has 0 saturated heterocycles. The topological polar surface area (TPSA) is 109 Å². The Morgan fingerprint density at radius 3 is 1.04 bits per heavy atom. The second-order valence-corrected chi connectivity index (χ2v) is 19.6. The van der Waals surface area contributed by atoms with E-state index in [1.807, 2.05) is 0 Å². The molecule has 2 N–H and O–H groups in total. The van der Waals surface area contributed by atoms with Crippen LogP contribution < -0.4 is 0 Å². The molecule has 2 aliphatic rings. The first-order chi connectivity index (χ1) is 33.6. The van der Waals surface area contributed by atoms with Gasteiger partial charge in [-0.1, -0.05) is 203 Å². The Bertz CT molecular complexity index is 2990. The highest BCUT2D eigenvalue weighted by Gasteiger charge is 2.26. The van der Waals surface area contributed by atoms with Crippen LogP contribution in [0.25, 0.3) is 89.7 Å². The summed E-state index contributed by atoms with van der Waals surface area (Å²) >= 11 is 0. The van der Waals surface area contributed by atoms with Crippen LogP contribution in [-0.4, -0.2) is 39.9 Å². The standard InChI is InChI=1S/C60H74N8/c1-5-9-13-17-21-29-41-33-25-37-45-49(41)57-62-53(45)61-54-46-38-26-34-42(30-22-18-14-10-6-2)50(46)58(63-54)65-56-48-40-28-36-44(32-24-20-16-12-8-4)52(48)60(67-56)68-59-51-43(31-23-19-15-11-7-3)35-27-39-47(51)55(64-57)66-59/h25-28,33-40H,5-24,29-32H2,1-4H3,(H2,61,62,63,64,65,66,67,68). The zero-order valence-electron chi connectivity index (χ0n) is 41.6. The number of benzene rings is 4. The molecule has 3 aromatic heterocycles. The Morgan fingerprint density at radius 1 is 0.309 bits per heavy atom. The highest BCUT2D eigenvalue weighted by Crippen LogP contribution is 2.41. The van der Waals surface area contributed by atoms with Crippen molar-refractivity contribution in [2.45, 2.75) is 182 Å². The second kappa shape index (κ2) is 23.0. The second-order valence-electron chi connectivity index (χ2n) is 19.6. The minimum absolute atomic E-state index is 0.676. The van der Waals surface area contributed by atoms with Crippen molar-refractivity contribution < 1.29 is 0 Å². The van der Waals surface area contributed by atoms with E-state index in [4.69, 9.17) is 29.9 Å². The summed E-state index contributed by atoms with van der Waals surface area (Å²) in [5.41, 5.74) is 12.5. The van der Waals surface area contributed by atoms with Gasteiger partial charge in [-0.25, -0.2) is 29.9 Å². The lowest BCUT2D eigenvalue weighted by atomic mass is 9.97. The molecule has 8 nitrogen and oxygen atoms in total. The third-order valence-corrected chi connectivity index (χ3v) is 14.5. The average molecular weight is 907 g/mol. The number of fused-ring (bicyclic) bond motifs is 20. The molecule has 0 fully saturated rings. The van der Waals surface area contributed by atoms with E-state index in [1.165, 1.54) is 125 Å². The van der Waals surface area contributed by atoms with Crippen LogP contribution in [0, 0.1) is 0 Å². The Kier molecular flexibility index (Phi) is 16.0. The maximum absolute atomic E-state index is 5.62. The number of rotatable bonds is 24. The zero-order valence-corrected chi connectivity index (χ0v) is 41.6. The van der Waals surface area contributed by atoms with Gasteiger partial charge >= 0.3 is 0 Å². The highest BCUT2D eigenvalue weighted by atomic mass is 15.1. The van der Waals surface area contributed by atoms with E-state index >= 15 is 0 Å². The van der Waals surface area contributed by atoms with E-state index in [-0.39, 0.29) is 0 Å². The molecule has 354 valence electrons. The fourth-order valence-electron chi connectivity index (χ4n) is 10.8. The molecule has 8 bridgehead atoms. The van der Waals surface area contributed by atoms with Crippen molar-refractivity contribution in [3.63, 3.8) is 0 Å². The summed E-state index contributed by atoms with van der Waals surface area (Å²) in [6.07, 6.45) is 28.3. The van der Waals surface area contributed by atoms with Gasteiger partial charge in [-0.15, -0.1) is 0 Å². The smallest absolute Gasteiger partial charge is 0.165 e. The van der Waals surface area contributed by atoms with E-state index in [2.05, 4.69) is 110 Å². The normalized spacial score (nSPS) is 12.1. The van der Waals surface area contributed by atoms with Gasteiger partial charge in [-0.3, -0.25) is 0 Å². The molecule has 68 heavy (non-hydrogen) atoms. The van der Waals surface area contributed by atoms with Gasteiger partial charge in [-0.05, 0) is 73.6 Å². The molecule has 0 radical (unpaired) electrons. The predicted octanol–water partition coefficient (Wildman–Crippen LogP) is 16.9. The van der Waals surface area contributed by atoms with Crippen LogP contribution in [0.1, 0.15) is 178 Å². The average Bonchev–Trinajstić information content (AvgIpc) is 4.10. The van der Waals surface area contributed by atoms with Crippen molar-refractivity contribution in [2.24, 2.45) is 0 Å². The van der Waals surface area contributed by atoms with Crippen molar-refractivity contribution in [1.29, 1.82) is 0 Å². The summed E-state index contributed by atoms with van der Waals surface area (Å²) in [5, 5.41) is 4.35. The molecule has 0 saturated carbocycles. The third kappa shape index (κ3) is 10.4. The van der Waals surface area contributed by atoms with E-state index in [0.717, 1.165) is 118 Å². The number of aromatic nitrogens is 8. The van der Waals surface area contributed by atoms with E-state index in [1.54, 1.807) is 0 Å². The van der Waals surface area contributed by atoms with E-state index in [0.29, 0.717) is 23.3 Å².